The first-order chi connectivity index (χ1) is 13.6. The molecule has 0 radical (unpaired) electrons. The highest BCUT2D eigenvalue weighted by Crippen LogP contribution is 2.16. The van der Waals surface area contributed by atoms with E-state index in [1.807, 2.05) is 17.0 Å². The molecule has 1 saturated heterocycles. The SMILES string of the molecule is CCOC(=O)c1ccc(N2CCN(C(=O)CCc3cccc(C)c3)CC2)nc1. The third-order valence-electron chi connectivity index (χ3n) is 4.93. The van der Waals surface area contributed by atoms with Gasteiger partial charge in [0.05, 0.1) is 12.2 Å². The van der Waals surface area contributed by atoms with E-state index in [9.17, 15) is 9.59 Å². The molecule has 0 N–H and O–H groups in total. The first-order valence-electron chi connectivity index (χ1n) is 9.78. The number of esters is 1. The van der Waals surface area contributed by atoms with Gasteiger partial charge < -0.3 is 14.5 Å². The van der Waals surface area contributed by atoms with Gasteiger partial charge in [-0.15, -0.1) is 0 Å². The van der Waals surface area contributed by atoms with Crippen LogP contribution in [0.15, 0.2) is 42.6 Å². The van der Waals surface area contributed by atoms with E-state index in [0.29, 0.717) is 31.7 Å². The van der Waals surface area contributed by atoms with Crippen LogP contribution in [-0.2, 0) is 16.0 Å². The second kappa shape index (κ2) is 9.35. The van der Waals surface area contributed by atoms with E-state index < -0.39 is 0 Å². The van der Waals surface area contributed by atoms with E-state index in [1.165, 1.54) is 11.1 Å². The molecule has 6 nitrogen and oxygen atoms in total. The number of piperazine rings is 1. The van der Waals surface area contributed by atoms with Crippen molar-refractivity contribution in [2.45, 2.75) is 26.7 Å². The summed E-state index contributed by atoms with van der Waals surface area (Å²) in [7, 11) is 0. The van der Waals surface area contributed by atoms with Crippen LogP contribution in [-0.4, -0.2) is 54.5 Å². The zero-order chi connectivity index (χ0) is 19.9. The normalized spacial score (nSPS) is 14.1. The van der Waals surface area contributed by atoms with Gasteiger partial charge in [0.15, 0.2) is 0 Å². The van der Waals surface area contributed by atoms with Crippen LogP contribution in [0.3, 0.4) is 0 Å². The van der Waals surface area contributed by atoms with E-state index in [4.69, 9.17) is 4.74 Å². The third-order valence-corrected chi connectivity index (χ3v) is 4.93. The molecule has 0 bridgehead atoms. The lowest BCUT2D eigenvalue weighted by Crippen LogP contribution is -2.49. The summed E-state index contributed by atoms with van der Waals surface area (Å²) in [5.41, 5.74) is 2.88. The maximum Gasteiger partial charge on any atom is 0.339 e. The fraction of sp³-hybridized carbons (Fsp3) is 0.409. The summed E-state index contributed by atoms with van der Waals surface area (Å²) >= 11 is 0. The van der Waals surface area contributed by atoms with E-state index in [0.717, 1.165) is 25.3 Å². The fourth-order valence-electron chi connectivity index (χ4n) is 3.37. The average Bonchev–Trinajstić information content (AvgIpc) is 2.72. The fourth-order valence-corrected chi connectivity index (χ4v) is 3.37. The molecule has 0 aliphatic carbocycles. The van der Waals surface area contributed by atoms with Crippen molar-refractivity contribution in [1.29, 1.82) is 0 Å². The molecule has 2 aromatic rings. The van der Waals surface area contributed by atoms with Crippen LogP contribution in [0, 0.1) is 6.92 Å². The molecular formula is C22H27N3O3. The van der Waals surface area contributed by atoms with Crippen molar-refractivity contribution in [2.75, 3.05) is 37.7 Å². The topological polar surface area (TPSA) is 62.7 Å². The number of hydrogen-bond acceptors (Lipinski definition) is 5. The van der Waals surface area contributed by atoms with Crippen LogP contribution >= 0.6 is 0 Å². The van der Waals surface area contributed by atoms with E-state index in [2.05, 4.69) is 35.0 Å². The van der Waals surface area contributed by atoms with Crippen LogP contribution in [0.1, 0.15) is 34.8 Å². The number of rotatable bonds is 6. The molecule has 1 aliphatic rings. The second-order valence-electron chi connectivity index (χ2n) is 6.98. The van der Waals surface area contributed by atoms with Crippen molar-refractivity contribution in [1.82, 2.24) is 9.88 Å². The second-order valence-corrected chi connectivity index (χ2v) is 6.98. The van der Waals surface area contributed by atoms with Crippen molar-refractivity contribution in [3.63, 3.8) is 0 Å². The largest absolute Gasteiger partial charge is 0.462 e. The monoisotopic (exact) mass is 381 g/mol. The maximum absolute atomic E-state index is 12.5. The van der Waals surface area contributed by atoms with Crippen molar-refractivity contribution in [2.24, 2.45) is 0 Å². The van der Waals surface area contributed by atoms with Gasteiger partial charge in [0.1, 0.15) is 5.82 Å². The minimum absolute atomic E-state index is 0.201. The summed E-state index contributed by atoms with van der Waals surface area (Å²) in [5.74, 6) is 0.664. The third kappa shape index (κ3) is 5.09. The Kier molecular flexibility index (Phi) is 6.63. The Bertz CT molecular complexity index is 812. The summed E-state index contributed by atoms with van der Waals surface area (Å²) < 4.78 is 4.98. The average molecular weight is 381 g/mol. The van der Waals surface area contributed by atoms with E-state index >= 15 is 0 Å². The Labute approximate surface area is 166 Å². The summed E-state index contributed by atoms with van der Waals surface area (Å²) in [6.07, 6.45) is 2.86. The first-order valence-corrected chi connectivity index (χ1v) is 9.78. The number of carbonyl (C=O) groups is 2. The minimum atomic E-state index is -0.356. The lowest BCUT2D eigenvalue weighted by molar-refractivity contribution is -0.131. The molecule has 1 aliphatic heterocycles. The molecule has 0 saturated carbocycles. The van der Waals surface area contributed by atoms with Crippen LogP contribution in [0.5, 0.6) is 0 Å². The Morgan fingerprint density at radius 1 is 1.11 bits per heavy atom. The molecule has 28 heavy (non-hydrogen) atoms. The molecular weight excluding hydrogens is 354 g/mol. The zero-order valence-electron chi connectivity index (χ0n) is 16.6. The predicted molar refractivity (Wildman–Crippen MR) is 108 cm³/mol. The maximum atomic E-state index is 12.5. The molecule has 3 rings (SSSR count). The van der Waals surface area contributed by atoms with E-state index in [1.54, 1.807) is 19.2 Å². The highest BCUT2D eigenvalue weighted by atomic mass is 16.5. The molecule has 1 fully saturated rings. The molecule has 0 unspecified atom stereocenters. The van der Waals surface area contributed by atoms with Gasteiger partial charge in [-0.25, -0.2) is 9.78 Å². The Morgan fingerprint density at radius 2 is 1.89 bits per heavy atom. The number of aromatic nitrogens is 1. The van der Waals surface area contributed by atoms with Crippen LogP contribution < -0.4 is 4.90 Å². The van der Waals surface area contributed by atoms with Crippen molar-refractivity contribution in [3.8, 4) is 0 Å². The molecule has 1 amide bonds. The number of anilines is 1. The number of ether oxygens (including phenoxy) is 1. The van der Waals surface area contributed by atoms with Gasteiger partial charge in [0.25, 0.3) is 0 Å². The first kappa shape index (κ1) is 19.9. The molecule has 1 aromatic heterocycles. The standard InChI is InChI=1S/C22H27N3O3/c1-3-28-22(27)19-8-9-20(23-16-19)24-11-13-25(14-12-24)21(26)10-7-18-6-4-5-17(2)15-18/h4-6,8-9,15-16H,3,7,10-14H2,1-2H3. The number of carbonyl (C=O) groups excluding carboxylic acids is 2. The number of nitrogens with zero attached hydrogens (tertiary/aromatic N) is 3. The van der Waals surface area contributed by atoms with Crippen molar-refractivity contribution >= 4 is 17.7 Å². The Balaban J connectivity index is 1.48. The lowest BCUT2D eigenvalue weighted by atomic mass is 10.1. The number of amides is 1. The Morgan fingerprint density at radius 3 is 2.54 bits per heavy atom. The van der Waals surface area contributed by atoms with Crippen LogP contribution in [0.4, 0.5) is 5.82 Å². The zero-order valence-corrected chi connectivity index (χ0v) is 16.6. The quantitative estimate of drug-likeness (QED) is 0.720. The molecule has 2 heterocycles. The highest BCUT2D eigenvalue weighted by Gasteiger charge is 2.22. The summed E-state index contributed by atoms with van der Waals surface area (Å²) in [5, 5.41) is 0. The molecule has 6 heteroatoms. The Hall–Kier alpha value is -2.89. The van der Waals surface area contributed by atoms with Crippen molar-refractivity contribution < 1.29 is 14.3 Å². The summed E-state index contributed by atoms with van der Waals surface area (Å²) in [4.78, 5) is 32.7. The van der Waals surface area contributed by atoms with Gasteiger partial charge >= 0.3 is 5.97 Å². The molecule has 0 spiro atoms. The number of pyridine rings is 1. The predicted octanol–water partition coefficient (Wildman–Crippen LogP) is 2.85. The number of hydrogen-bond donors (Lipinski definition) is 0. The van der Waals surface area contributed by atoms with E-state index in [-0.39, 0.29) is 11.9 Å². The van der Waals surface area contributed by atoms with Crippen LogP contribution in [0.2, 0.25) is 0 Å². The smallest absolute Gasteiger partial charge is 0.339 e. The van der Waals surface area contributed by atoms with Crippen LogP contribution in [0.25, 0.3) is 0 Å². The van der Waals surface area contributed by atoms with Crippen molar-refractivity contribution in [3.05, 3.63) is 59.3 Å². The highest BCUT2D eigenvalue weighted by molar-refractivity contribution is 5.89. The number of aryl methyl sites for hydroxylation is 2. The van der Waals surface area contributed by atoms with Gasteiger partial charge in [-0.3, -0.25) is 4.79 Å². The molecule has 0 atom stereocenters. The summed E-state index contributed by atoms with van der Waals surface area (Å²) in [6.45, 7) is 7.05. The van der Waals surface area contributed by atoms with Gasteiger partial charge in [-0.05, 0) is 38.0 Å². The van der Waals surface area contributed by atoms with Gasteiger partial charge in [0, 0.05) is 38.8 Å². The van der Waals surface area contributed by atoms with Gasteiger partial charge in [-0.2, -0.15) is 0 Å². The minimum Gasteiger partial charge on any atom is -0.462 e. The molecule has 1 aromatic carbocycles. The lowest BCUT2D eigenvalue weighted by Gasteiger charge is -2.35. The summed E-state index contributed by atoms with van der Waals surface area (Å²) in [6, 6.07) is 11.9. The molecule has 148 valence electrons. The van der Waals surface area contributed by atoms with Gasteiger partial charge in [-0.1, -0.05) is 29.8 Å². The number of benzene rings is 1. The van der Waals surface area contributed by atoms with Gasteiger partial charge in [0.2, 0.25) is 5.91 Å².